The highest BCUT2D eigenvalue weighted by Crippen LogP contribution is 2.43. The Balaban J connectivity index is 2.34. The number of halogens is 7. The lowest BCUT2D eigenvalue weighted by Gasteiger charge is -2.13. The predicted octanol–water partition coefficient (Wildman–Crippen LogP) is 6.81. The first-order valence-corrected chi connectivity index (χ1v) is 9.19. The minimum Gasteiger partial charge on any atom is -0.354 e. The van der Waals surface area contributed by atoms with Gasteiger partial charge in [-0.2, -0.15) is 26.3 Å². The molecule has 0 aliphatic rings. The van der Waals surface area contributed by atoms with Crippen LogP contribution in [0, 0.1) is 0 Å². The van der Waals surface area contributed by atoms with E-state index in [1.807, 2.05) is 0 Å². The van der Waals surface area contributed by atoms with Gasteiger partial charge in [-0.05, 0) is 49.6 Å². The van der Waals surface area contributed by atoms with Gasteiger partial charge in [-0.1, -0.05) is 29.8 Å². The molecule has 0 aliphatic carbocycles. The minimum absolute atomic E-state index is 0.0118. The Morgan fingerprint density at radius 3 is 2.17 bits per heavy atom. The molecule has 0 unspecified atom stereocenters. The maximum absolute atomic E-state index is 13.5. The number of hydrogen-bond donors (Lipinski definition) is 2. The number of nitrogens with one attached hydrogen (secondary N) is 1. The van der Waals surface area contributed by atoms with Gasteiger partial charge in [-0.15, -0.1) is 0 Å². The molecule has 3 aromatic rings. The largest absolute Gasteiger partial charge is 0.418 e. The van der Waals surface area contributed by atoms with Crippen LogP contribution in [0.4, 0.5) is 26.3 Å². The molecule has 0 bridgehead atoms. The summed E-state index contributed by atoms with van der Waals surface area (Å²) in [5, 5.41) is 0.0216. The molecular weight excluding hydrogens is 418 g/mol. The SMILES string of the molecule is NCCCCc1c(-c2ccccc2C(F)(F)F)[nH]c2c(C(F)(F)F)cc(Cl)cc12. The third-order valence-electron chi connectivity index (χ3n) is 4.67. The van der Waals surface area contributed by atoms with Crippen molar-refractivity contribution in [1.82, 2.24) is 4.98 Å². The van der Waals surface area contributed by atoms with Crippen LogP contribution in [-0.2, 0) is 18.8 Å². The highest BCUT2D eigenvalue weighted by atomic mass is 35.5. The second-order valence-corrected chi connectivity index (χ2v) is 7.08. The fourth-order valence-electron chi connectivity index (χ4n) is 3.42. The molecule has 3 N–H and O–H groups in total. The van der Waals surface area contributed by atoms with Crippen molar-refractivity contribution in [3.63, 3.8) is 0 Å². The van der Waals surface area contributed by atoms with Gasteiger partial charge in [0.15, 0.2) is 0 Å². The summed E-state index contributed by atoms with van der Waals surface area (Å²) in [5.74, 6) is 0. The monoisotopic (exact) mass is 434 g/mol. The third kappa shape index (κ3) is 4.38. The van der Waals surface area contributed by atoms with E-state index in [9.17, 15) is 26.3 Å². The van der Waals surface area contributed by atoms with E-state index in [0.717, 1.165) is 12.1 Å². The van der Waals surface area contributed by atoms with Crippen LogP contribution in [-0.4, -0.2) is 11.5 Å². The van der Waals surface area contributed by atoms with Gasteiger partial charge >= 0.3 is 12.4 Å². The van der Waals surface area contributed by atoms with Gasteiger partial charge in [0.25, 0.3) is 0 Å². The highest BCUT2D eigenvalue weighted by Gasteiger charge is 2.37. The number of unbranched alkanes of at least 4 members (excludes halogenated alkanes) is 1. The fourth-order valence-corrected chi connectivity index (χ4v) is 3.64. The second kappa shape index (κ2) is 7.91. The maximum Gasteiger partial charge on any atom is 0.418 e. The van der Waals surface area contributed by atoms with E-state index in [1.54, 1.807) is 0 Å². The Kier molecular flexibility index (Phi) is 5.87. The molecule has 9 heteroatoms. The number of nitrogens with two attached hydrogens (primary N) is 1. The summed E-state index contributed by atoms with van der Waals surface area (Å²) >= 11 is 5.91. The van der Waals surface area contributed by atoms with Gasteiger partial charge < -0.3 is 10.7 Å². The Labute approximate surface area is 167 Å². The van der Waals surface area contributed by atoms with Crippen molar-refractivity contribution in [1.29, 1.82) is 0 Å². The van der Waals surface area contributed by atoms with Gasteiger partial charge in [-0.25, -0.2) is 0 Å². The van der Waals surface area contributed by atoms with E-state index in [2.05, 4.69) is 4.98 Å². The number of hydrogen-bond acceptors (Lipinski definition) is 1. The lowest BCUT2D eigenvalue weighted by atomic mass is 9.96. The van der Waals surface area contributed by atoms with Gasteiger partial charge in [0.05, 0.1) is 22.3 Å². The molecule has 1 aromatic heterocycles. The van der Waals surface area contributed by atoms with E-state index in [1.165, 1.54) is 24.3 Å². The Hall–Kier alpha value is -2.19. The van der Waals surface area contributed by atoms with Crippen LogP contribution >= 0.6 is 11.6 Å². The van der Waals surface area contributed by atoms with E-state index >= 15 is 0 Å². The van der Waals surface area contributed by atoms with Crippen molar-refractivity contribution in [2.24, 2.45) is 5.73 Å². The molecule has 3 rings (SSSR count). The average Bonchev–Trinajstić information content (AvgIpc) is 2.98. The normalized spacial score (nSPS) is 12.7. The van der Waals surface area contributed by atoms with E-state index in [0.29, 0.717) is 24.9 Å². The molecule has 0 saturated heterocycles. The molecule has 0 amide bonds. The number of aromatic amines is 1. The molecule has 0 aliphatic heterocycles. The summed E-state index contributed by atoms with van der Waals surface area (Å²) in [4.78, 5) is 2.61. The van der Waals surface area contributed by atoms with Crippen molar-refractivity contribution in [3.05, 3.63) is 58.1 Å². The minimum atomic E-state index is -4.72. The van der Waals surface area contributed by atoms with E-state index in [4.69, 9.17) is 17.3 Å². The van der Waals surface area contributed by atoms with Crippen LogP contribution < -0.4 is 5.73 Å². The van der Waals surface area contributed by atoms with Crippen LogP contribution in [0.1, 0.15) is 29.5 Å². The zero-order valence-electron chi connectivity index (χ0n) is 15.0. The van der Waals surface area contributed by atoms with Gasteiger partial charge in [0.1, 0.15) is 0 Å². The number of aryl methyl sites for hydroxylation is 1. The molecular formula is C20H17ClF6N2. The summed E-state index contributed by atoms with van der Waals surface area (Å²) in [5.41, 5.74) is 3.43. The summed E-state index contributed by atoms with van der Waals surface area (Å²) in [6.07, 6.45) is -8.02. The van der Waals surface area contributed by atoms with Gasteiger partial charge in [-0.3, -0.25) is 0 Å². The zero-order chi connectivity index (χ0) is 21.4. The van der Waals surface area contributed by atoms with Crippen molar-refractivity contribution in [2.45, 2.75) is 31.6 Å². The first-order chi connectivity index (χ1) is 13.5. The number of rotatable bonds is 5. The average molecular weight is 435 g/mol. The van der Waals surface area contributed by atoms with Crippen LogP contribution in [0.25, 0.3) is 22.2 Å². The Bertz CT molecular complexity index is 1020. The Morgan fingerprint density at radius 2 is 1.55 bits per heavy atom. The van der Waals surface area contributed by atoms with E-state index < -0.39 is 23.5 Å². The van der Waals surface area contributed by atoms with Crippen molar-refractivity contribution in [3.8, 4) is 11.3 Å². The van der Waals surface area contributed by atoms with Gasteiger partial charge in [0.2, 0.25) is 0 Å². The Morgan fingerprint density at radius 1 is 0.897 bits per heavy atom. The zero-order valence-corrected chi connectivity index (χ0v) is 15.8. The molecule has 2 nitrogen and oxygen atoms in total. The summed E-state index contributed by atoms with van der Waals surface area (Å²) in [6.45, 7) is 0.366. The summed E-state index contributed by atoms with van der Waals surface area (Å²) in [6, 6.07) is 6.92. The molecule has 0 spiro atoms. The number of alkyl halides is 6. The highest BCUT2D eigenvalue weighted by molar-refractivity contribution is 6.31. The van der Waals surface area contributed by atoms with Crippen LogP contribution in [0.3, 0.4) is 0 Å². The molecule has 29 heavy (non-hydrogen) atoms. The molecule has 0 atom stereocenters. The molecule has 156 valence electrons. The topological polar surface area (TPSA) is 41.8 Å². The first kappa shape index (κ1) is 21.5. The maximum atomic E-state index is 13.5. The molecule has 0 fully saturated rings. The van der Waals surface area contributed by atoms with Crippen molar-refractivity contribution >= 4 is 22.5 Å². The summed E-state index contributed by atoms with van der Waals surface area (Å²) in [7, 11) is 0. The van der Waals surface area contributed by atoms with Crippen LogP contribution in [0.5, 0.6) is 0 Å². The number of H-pyrrole nitrogens is 1. The number of aromatic nitrogens is 1. The lowest BCUT2D eigenvalue weighted by Crippen LogP contribution is -2.07. The number of fused-ring (bicyclic) bond motifs is 1. The van der Waals surface area contributed by atoms with Crippen molar-refractivity contribution in [2.75, 3.05) is 6.54 Å². The summed E-state index contributed by atoms with van der Waals surface area (Å²) < 4.78 is 81.2. The first-order valence-electron chi connectivity index (χ1n) is 8.82. The quantitative estimate of drug-likeness (QED) is 0.336. The standard InChI is InChI=1S/C20H17ClF6N2/c21-11-9-14-12(5-3-4-8-28)17(29-18(14)16(10-11)20(25,26)27)13-6-1-2-7-15(13)19(22,23)24/h1-2,6-7,9-10,29H,3-5,8,28H2. The van der Waals surface area contributed by atoms with Crippen LogP contribution in [0.2, 0.25) is 5.02 Å². The van der Waals surface area contributed by atoms with Crippen LogP contribution in [0.15, 0.2) is 36.4 Å². The molecule has 2 aromatic carbocycles. The predicted molar refractivity (Wildman–Crippen MR) is 101 cm³/mol. The fraction of sp³-hybridized carbons (Fsp3) is 0.300. The third-order valence-corrected chi connectivity index (χ3v) is 4.89. The molecule has 1 heterocycles. The van der Waals surface area contributed by atoms with Crippen molar-refractivity contribution < 1.29 is 26.3 Å². The smallest absolute Gasteiger partial charge is 0.354 e. The van der Waals surface area contributed by atoms with Gasteiger partial charge in [0, 0.05) is 16.0 Å². The molecule has 0 saturated carbocycles. The van der Waals surface area contributed by atoms with E-state index in [-0.39, 0.29) is 33.6 Å². The lowest BCUT2D eigenvalue weighted by molar-refractivity contribution is -0.137. The number of benzene rings is 2. The molecule has 0 radical (unpaired) electrons. The second-order valence-electron chi connectivity index (χ2n) is 6.64.